The maximum absolute atomic E-state index is 11.8. The Morgan fingerprint density at radius 2 is 2.17 bits per heavy atom. The van der Waals surface area contributed by atoms with Gasteiger partial charge in [-0.2, -0.15) is 0 Å². The van der Waals surface area contributed by atoms with E-state index in [-0.39, 0.29) is 10.8 Å². The van der Waals surface area contributed by atoms with Crippen LogP contribution in [0.3, 0.4) is 0 Å². The van der Waals surface area contributed by atoms with Gasteiger partial charge in [-0.05, 0) is 36.5 Å². The van der Waals surface area contributed by atoms with E-state index in [9.17, 15) is 13.2 Å². The van der Waals surface area contributed by atoms with Crippen LogP contribution in [0.15, 0.2) is 29.2 Å². The lowest BCUT2D eigenvalue weighted by atomic mass is 10.2. The zero-order valence-corrected chi connectivity index (χ0v) is 11.5. The lowest BCUT2D eigenvalue weighted by molar-refractivity contribution is 0.0951. The lowest BCUT2D eigenvalue weighted by Crippen LogP contribution is -2.26. The quantitative estimate of drug-likeness (QED) is 0.862. The van der Waals surface area contributed by atoms with Gasteiger partial charge in [-0.1, -0.05) is 13.0 Å². The predicted molar refractivity (Wildman–Crippen MR) is 69.1 cm³/mol. The predicted octanol–water partition coefficient (Wildman–Crippen LogP) is 2.00. The summed E-state index contributed by atoms with van der Waals surface area (Å²) >= 11 is 0. The fraction of sp³-hybridized carbons (Fsp3) is 0.417. The highest BCUT2D eigenvalue weighted by Gasteiger charge is 2.32. The van der Waals surface area contributed by atoms with Crippen molar-refractivity contribution >= 4 is 25.6 Å². The summed E-state index contributed by atoms with van der Waals surface area (Å²) in [5, 5.41) is 2.79. The number of rotatable bonds is 4. The molecule has 18 heavy (non-hydrogen) atoms. The Bertz CT molecular complexity index is 570. The highest BCUT2D eigenvalue weighted by atomic mass is 35.7. The van der Waals surface area contributed by atoms with Crippen LogP contribution < -0.4 is 5.32 Å². The fourth-order valence-electron chi connectivity index (χ4n) is 1.80. The molecule has 1 aromatic carbocycles. The molecule has 0 aliphatic heterocycles. The van der Waals surface area contributed by atoms with Crippen LogP contribution in [0.1, 0.15) is 23.7 Å². The Morgan fingerprint density at radius 3 is 2.72 bits per heavy atom. The monoisotopic (exact) mass is 287 g/mol. The van der Waals surface area contributed by atoms with Crippen molar-refractivity contribution in [3.05, 3.63) is 29.8 Å². The number of hydrogen-bond donors (Lipinski definition) is 1. The average Bonchev–Trinajstić information content (AvgIpc) is 3.01. The van der Waals surface area contributed by atoms with Crippen molar-refractivity contribution in [1.29, 1.82) is 0 Å². The third-order valence-corrected chi connectivity index (χ3v) is 4.53. The second kappa shape index (κ2) is 4.90. The molecule has 0 saturated heterocycles. The molecule has 0 spiro atoms. The molecule has 0 radical (unpaired) electrons. The molecule has 98 valence electrons. The van der Waals surface area contributed by atoms with Gasteiger partial charge >= 0.3 is 0 Å². The van der Waals surface area contributed by atoms with Gasteiger partial charge in [-0.15, -0.1) is 0 Å². The maximum Gasteiger partial charge on any atom is 0.261 e. The second-order valence-corrected chi connectivity index (χ2v) is 7.21. The Kier molecular flexibility index (Phi) is 3.64. The number of benzene rings is 1. The first-order valence-corrected chi connectivity index (χ1v) is 8.02. The Labute approximate surface area is 111 Å². The molecule has 6 heteroatoms. The molecule has 1 N–H and O–H groups in total. The van der Waals surface area contributed by atoms with Crippen molar-refractivity contribution in [2.24, 2.45) is 11.8 Å². The summed E-state index contributed by atoms with van der Waals surface area (Å²) in [7, 11) is 1.44. The van der Waals surface area contributed by atoms with E-state index in [2.05, 4.69) is 12.2 Å². The van der Waals surface area contributed by atoms with Crippen LogP contribution in [0, 0.1) is 11.8 Å². The fourth-order valence-corrected chi connectivity index (χ4v) is 2.60. The van der Waals surface area contributed by atoms with Crippen molar-refractivity contribution < 1.29 is 13.2 Å². The van der Waals surface area contributed by atoms with Crippen LogP contribution in [0.4, 0.5) is 0 Å². The first-order valence-electron chi connectivity index (χ1n) is 5.71. The van der Waals surface area contributed by atoms with E-state index in [4.69, 9.17) is 10.7 Å². The zero-order valence-electron chi connectivity index (χ0n) is 9.89. The minimum absolute atomic E-state index is 0.0587. The number of nitrogens with one attached hydrogen (secondary N) is 1. The maximum atomic E-state index is 11.8. The van der Waals surface area contributed by atoms with Crippen LogP contribution >= 0.6 is 10.7 Å². The number of halogens is 1. The number of hydrogen-bond acceptors (Lipinski definition) is 3. The lowest BCUT2D eigenvalue weighted by Gasteiger charge is -2.05. The molecule has 1 fully saturated rings. The normalized spacial score (nSPS) is 22.6. The Morgan fingerprint density at radius 1 is 1.50 bits per heavy atom. The molecule has 0 heterocycles. The van der Waals surface area contributed by atoms with Gasteiger partial charge in [0.05, 0.1) is 4.90 Å². The topological polar surface area (TPSA) is 63.2 Å². The Balaban J connectivity index is 2.06. The molecule has 2 atom stereocenters. The summed E-state index contributed by atoms with van der Waals surface area (Å²) in [6.45, 7) is 2.77. The van der Waals surface area contributed by atoms with E-state index in [1.165, 1.54) is 18.2 Å². The third-order valence-electron chi connectivity index (χ3n) is 3.18. The first kappa shape index (κ1) is 13.4. The second-order valence-electron chi connectivity index (χ2n) is 4.65. The van der Waals surface area contributed by atoms with Crippen molar-refractivity contribution in [3.8, 4) is 0 Å². The number of amides is 1. The summed E-state index contributed by atoms with van der Waals surface area (Å²) in [4.78, 5) is 11.8. The molecule has 1 aromatic rings. The van der Waals surface area contributed by atoms with E-state index in [1.54, 1.807) is 6.07 Å². The zero-order chi connectivity index (χ0) is 13.3. The minimum atomic E-state index is -3.79. The van der Waals surface area contributed by atoms with Gasteiger partial charge in [-0.3, -0.25) is 4.79 Å². The molecule has 1 aliphatic rings. The summed E-state index contributed by atoms with van der Waals surface area (Å²) < 4.78 is 22.3. The molecule has 2 unspecified atom stereocenters. The van der Waals surface area contributed by atoms with Crippen molar-refractivity contribution in [2.75, 3.05) is 6.54 Å². The van der Waals surface area contributed by atoms with Crippen molar-refractivity contribution in [2.45, 2.75) is 18.2 Å². The SMILES string of the molecule is CC1CC1CNC(=O)c1cccc(S(=O)(=O)Cl)c1. The van der Waals surface area contributed by atoms with Gasteiger partial charge in [0.1, 0.15) is 0 Å². The molecular formula is C12H14ClNO3S. The molecule has 4 nitrogen and oxygen atoms in total. The molecule has 0 aromatic heterocycles. The number of carbonyl (C=O) groups is 1. The van der Waals surface area contributed by atoms with E-state index < -0.39 is 9.05 Å². The van der Waals surface area contributed by atoms with Crippen LogP contribution in [0.2, 0.25) is 0 Å². The van der Waals surface area contributed by atoms with Gasteiger partial charge in [-0.25, -0.2) is 8.42 Å². The van der Waals surface area contributed by atoms with Crippen LogP contribution in [-0.4, -0.2) is 20.9 Å². The Hall–Kier alpha value is -1.07. The van der Waals surface area contributed by atoms with Gasteiger partial charge < -0.3 is 5.32 Å². The van der Waals surface area contributed by atoms with E-state index >= 15 is 0 Å². The minimum Gasteiger partial charge on any atom is -0.352 e. The standard InChI is InChI=1S/C12H14ClNO3S/c1-8-5-10(8)7-14-12(15)9-3-2-4-11(6-9)18(13,16)17/h2-4,6,8,10H,5,7H2,1H3,(H,14,15). The van der Waals surface area contributed by atoms with Crippen molar-refractivity contribution in [1.82, 2.24) is 5.32 Å². The summed E-state index contributed by atoms with van der Waals surface area (Å²) in [5.41, 5.74) is 0.310. The number of carbonyl (C=O) groups excluding carboxylic acids is 1. The van der Waals surface area contributed by atoms with Gasteiger partial charge in [0, 0.05) is 22.8 Å². The van der Waals surface area contributed by atoms with Crippen LogP contribution in [0.25, 0.3) is 0 Å². The smallest absolute Gasteiger partial charge is 0.261 e. The molecule has 1 saturated carbocycles. The van der Waals surface area contributed by atoms with Gasteiger partial charge in [0.15, 0.2) is 0 Å². The van der Waals surface area contributed by atoms with Crippen molar-refractivity contribution in [3.63, 3.8) is 0 Å². The molecule has 0 bridgehead atoms. The molecule has 1 amide bonds. The van der Waals surface area contributed by atoms with E-state index in [0.717, 1.165) is 6.42 Å². The highest BCUT2D eigenvalue weighted by Crippen LogP contribution is 2.36. The highest BCUT2D eigenvalue weighted by molar-refractivity contribution is 8.13. The van der Waals surface area contributed by atoms with Gasteiger partial charge in [0.25, 0.3) is 15.0 Å². The summed E-state index contributed by atoms with van der Waals surface area (Å²) in [5.74, 6) is 0.949. The van der Waals surface area contributed by atoms with E-state index in [0.29, 0.717) is 23.9 Å². The third kappa shape index (κ3) is 3.23. The first-order chi connectivity index (χ1) is 8.38. The largest absolute Gasteiger partial charge is 0.352 e. The summed E-state index contributed by atoms with van der Waals surface area (Å²) in [6.07, 6.45) is 1.14. The van der Waals surface area contributed by atoms with Crippen LogP contribution in [-0.2, 0) is 9.05 Å². The molecular weight excluding hydrogens is 274 g/mol. The van der Waals surface area contributed by atoms with E-state index in [1.807, 2.05) is 0 Å². The summed E-state index contributed by atoms with van der Waals surface area (Å²) in [6, 6.07) is 5.72. The average molecular weight is 288 g/mol. The van der Waals surface area contributed by atoms with Gasteiger partial charge in [0.2, 0.25) is 0 Å². The van der Waals surface area contributed by atoms with Crippen LogP contribution in [0.5, 0.6) is 0 Å². The molecule has 2 rings (SSSR count). The molecule has 1 aliphatic carbocycles.